The van der Waals surface area contributed by atoms with Gasteiger partial charge in [-0.25, -0.2) is 4.79 Å². The Labute approximate surface area is 99.3 Å². The molecule has 0 radical (unpaired) electrons. The highest BCUT2D eigenvalue weighted by Crippen LogP contribution is 2.07. The van der Waals surface area contributed by atoms with Gasteiger partial charge in [0.25, 0.3) is 0 Å². The molecule has 3 N–H and O–H groups in total. The molecule has 90 valence electrons. The lowest BCUT2D eigenvalue weighted by Gasteiger charge is -2.16. The van der Waals surface area contributed by atoms with E-state index in [2.05, 4.69) is 25.1 Å². The van der Waals surface area contributed by atoms with Crippen LogP contribution < -0.4 is 14.9 Å². The summed E-state index contributed by atoms with van der Waals surface area (Å²) in [6.07, 6.45) is 2.72. The maximum Gasteiger partial charge on any atom is 0.324 e. The predicted molar refractivity (Wildman–Crippen MR) is 66.5 cm³/mol. The number of amides is 2. The summed E-state index contributed by atoms with van der Waals surface area (Å²) in [5.41, 5.74) is 0. The van der Waals surface area contributed by atoms with Gasteiger partial charge >= 0.3 is 6.03 Å². The summed E-state index contributed by atoms with van der Waals surface area (Å²) in [4.78, 5) is 12.9. The first kappa shape index (κ1) is 12.7. The van der Waals surface area contributed by atoms with Crippen molar-refractivity contribution in [1.29, 1.82) is 0 Å². The lowest BCUT2D eigenvalue weighted by atomic mass is 10.4. The van der Waals surface area contributed by atoms with Crippen LogP contribution in [0.3, 0.4) is 0 Å². The van der Waals surface area contributed by atoms with Crippen LogP contribution in [0.5, 0.6) is 0 Å². The number of urea groups is 1. The van der Waals surface area contributed by atoms with Gasteiger partial charge in [0.1, 0.15) is 5.82 Å². The van der Waals surface area contributed by atoms with Crippen LogP contribution in [0.1, 0.15) is 6.42 Å². The SMILES string of the molecule is CNC(=O)NSCCCN(C)c1ccn[nH]1. The molecule has 0 saturated heterocycles. The first-order chi connectivity index (χ1) is 7.74. The van der Waals surface area contributed by atoms with Crippen molar-refractivity contribution >= 4 is 23.8 Å². The lowest BCUT2D eigenvalue weighted by molar-refractivity contribution is 0.248. The molecule has 7 heteroatoms. The molecular formula is C9H17N5OS. The number of hydrogen-bond acceptors (Lipinski definition) is 4. The second-order valence-corrected chi connectivity index (χ2v) is 4.15. The molecular weight excluding hydrogens is 226 g/mol. The van der Waals surface area contributed by atoms with Crippen LogP contribution in [-0.2, 0) is 0 Å². The summed E-state index contributed by atoms with van der Waals surface area (Å²) in [6.45, 7) is 0.921. The van der Waals surface area contributed by atoms with Crippen LogP contribution in [0.2, 0.25) is 0 Å². The number of nitrogens with one attached hydrogen (secondary N) is 3. The first-order valence-electron chi connectivity index (χ1n) is 5.04. The minimum atomic E-state index is -0.160. The number of hydrogen-bond donors (Lipinski definition) is 3. The molecule has 0 aromatic carbocycles. The Kier molecular flexibility index (Phi) is 5.55. The average Bonchev–Trinajstić information content (AvgIpc) is 2.81. The van der Waals surface area contributed by atoms with E-state index in [1.54, 1.807) is 13.2 Å². The number of carbonyl (C=O) groups is 1. The number of carbonyl (C=O) groups excluding carboxylic acids is 1. The van der Waals surface area contributed by atoms with Gasteiger partial charge < -0.3 is 10.2 Å². The second-order valence-electron chi connectivity index (χ2n) is 3.25. The zero-order valence-corrected chi connectivity index (χ0v) is 10.3. The molecule has 2 amide bonds. The van der Waals surface area contributed by atoms with Crippen LogP contribution in [0.25, 0.3) is 0 Å². The van der Waals surface area contributed by atoms with Crippen LogP contribution in [0.4, 0.5) is 10.6 Å². The largest absolute Gasteiger partial charge is 0.360 e. The fraction of sp³-hybridized carbons (Fsp3) is 0.556. The molecule has 0 unspecified atom stereocenters. The quantitative estimate of drug-likeness (QED) is 0.511. The molecule has 1 rings (SSSR count). The van der Waals surface area contributed by atoms with E-state index in [0.717, 1.165) is 24.5 Å². The summed E-state index contributed by atoms with van der Waals surface area (Å²) < 4.78 is 2.67. The Morgan fingerprint density at radius 3 is 3.12 bits per heavy atom. The molecule has 0 atom stereocenters. The van der Waals surface area contributed by atoms with Gasteiger partial charge in [-0.3, -0.25) is 9.82 Å². The number of H-pyrrole nitrogens is 1. The van der Waals surface area contributed by atoms with Gasteiger partial charge in [0.2, 0.25) is 0 Å². The summed E-state index contributed by atoms with van der Waals surface area (Å²) in [6, 6.07) is 1.77. The van der Waals surface area contributed by atoms with E-state index in [1.165, 1.54) is 11.9 Å². The smallest absolute Gasteiger partial charge is 0.324 e. The zero-order valence-electron chi connectivity index (χ0n) is 9.49. The third-order valence-corrected chi connectivity index (χ3v) is 2.85. The maximum atomic E-state index is 10.8. The lowest BCUT2D eigenvalue weighted by Crippen LogP contribution is -2.28. The van der Waals surface area contributed by atoms with E-state index in [-0.39, 0.29) is 6.03 Å². The van der Waals surface area contributed by atoms with E-state index in [0.29, 0.717) is 0 Å². The highest BCUT2D eigenvalue weighted by atomic mass is 32.2. The molecule has 0 saturated carbocycles. The van der Waals surface area contributed by atoms with Crippen LogP contribution in [0, 0.1) is 0 Å². The molecule has 6 nitrogen and oxygen atoms in total. The van der Waals surface area contributed by atoms with Crippen molar-refractivity contribution in [3.05, 3.63) is 12.3 Å². The second kappa shape index (κ2) is 7.00. The Morgan fingerprint density at radius 2 is 2.50 bits per heavy atom. The third kappa shape index (κ3) is 4.43. The van der Waals surface area contributed by atoms with E-state index < -0.39 is 0 Å². The Morgan fingerprint density at radius 1 is 1.69 bits per heavy atom. The highest BCUT2D eigenvalue weighted by Gasteiger charge is 2.01. The Balaban J connectivity index is 2.05. The maximum absolute atomic E-state index is 10.8. The van der Waals surface area contributed by atoms with Gasteiger partial charge in [-0.1, -0.05) is 0 Å². The number of aromatic amines is 1. The van der Waals surface area contributed by atoms with Crippen LogP contribution in [0.15, 0.2) is 12.3 Å². The summed E-state index contributed by atoms with van der Waals surface area (Å²) in [5, 5.41) is 9.27. The predicted octanol–water partition coefficient (Wildman–Crippen LogP) is 0.813. The van der Waals surface area contributed by atoms with Crippen LogP contribution >= 0.6 is 11.9 Å². The normalized spacial score (nSPS) is 9.88. The van der Waals surface area contributed by atoms with Gasteiger partial charge in [-0.15, -0.1) is 0 Å². The molecule has 0 aliphatic heterocycles. The molecule has 0 aliphatic rings. The number of anilines is 1. The average molecular weight is 243 g/mol. The molecule has 16 heavy (non-hydrogen) atoms. The summed E-state index contributed by atoms with van der Waals surface area (Å²) in [5.74, 6) is 1.88. The molecule has 0 fully saturated rings. The van der Waals surface area contributed by atoms with E-state index >= 15 is 0 Å². The number of nitrogens with zero attached hydrogens (tertiary/aromatic N) is 2. The Bertz CT molecular complexity index is 303. The Hall–Kier alpha value is -1.37. The molecule has 1 aromatic heterocycles. The van der Waals surface area contributed by atoms with Crippen molar-refractivity contribution in [2.24, 2.45) is 0 Å². The van der Waals surface area contributed by atoms with Gasteiger partial charge in [0.05, 0.1) is 6.20 Å². The molecule has 1 heterocycles. The fourth-order valence-electron chi connectivity index (χ4n) is 1.12. The third-order valence-electron chi connectivity index (χ3n) is 2.03. The fourth-order valence-corrected chi connectivity index (χ4v) is 1.73. The molecule has 0 bridgehead atoms. The van der Waals surface area contributed by atoms with Crippen molar-refractivity contribution in [1.82, 2.24) is 20.2 Å². The molecule has 1 aromatic rings. The summed E-state index contributed by atoms with van der Waals surface area (Å²) >= 11 is 1.41. The summed E-state index contributed by atoms with van der Waals surface area (Å²) in [7, 11) is 3.60. The van der Waals surface area contributed by atoms with Gasteiger partial charge in [0, 0.05) is 32.5 Å². The van der Waals surface area contributed by atoms with Crippen molar-refractivity contribution in [2.75, 3.05) is 31.3 Å². The van der Waals surface area contributed by atoms with Crippen LogP contribution in [-0.4, -0.2) is 42.6 Å². The van der Waals surface area contributed by atoms with Gasteiger partial charge in [0.15, 0.2) is 0 Å². The molecule has 0 aliphatic carbocycles. The van der Waals surface area contributed by atoms with Crippen molar-refractivity contribution in [3.8, 4) is 0 Å². The van der Waals surface area contributed by atoms with E-state index in [4.69, 9.17) is 0 Å². The number of rotatable bonds is 6. The highest BCUT2D eigenvalue weighted by molar-refractivity contribution is 7.97. The van der Waals surface area contributed by atoms with Crippen molar-refractivity contribution in [2.45, 2.75) is 6.42 Å². The zero-order chi connectivity index (χ0) is 11.8. The minimum Gasteiger partial charge on any atom is -0.360 e. The monoisotopic (exact) mass is 243 g/mol. The van der Waals surface area contributed by atoms with Gasteiger partial charge in [-0.05, 0) is 18.4 Å². The van der Waals surface area contributed by atoms with E-state index in [1.807, 2.05) is 13.1 Å². The molecule has 0 spiro atoms. The topological polar surface area (TPSA) is 73.1 Å². The van der Waals surface area contributed by atoms with Gasteiger partial charge in [-0.2, -0.15) is 5.10 Å². The minimum absolute atomic E-state index is 0.160. The number of aromatic nitrogens is 2. The standard InChI is InChI=1S/C9H17N5OS/c1-10-9(15)13-16-7-3-6-14(2)8-4-5-11-12-8/h4-5H,3,6-7H2,1-2H3,(H,11,12)(H2,10,13,15). The first-order valence-corrected chi connectivity index (χ1v) is 6.02. The van der Waals surface area contributed by atoms with Crippen molar-refractivity contribution in [3.63, 3.8) is 0 Å². The van der Waals surface area contributed by atoms with Crippen molar-refractivity contribution < 1.29 is 4.79 Å². The van der Waals surface area contributed by atoms with E-state index in [9.17, 15) is 4.79 Å².